The lowest BCUT2D eigenvalue weighted by molar-refractivity contribution is 0.242. The van der Waals surface area contributed by atoms with Crippen molar-refractivity contribution in [2.75, 3.05) is 0 Å². The first-order valence-corrected chi connectivity index (χ1v) is 14.6. The first-order valence-electron chi connectivity index (χ1n) is 14.6. The smallest absolute Gasteiger partial charge is 0.119 e. The van der Waals surface area contributed by atoms with Crippen LogP contribution >= 0.6 is 0 Å². The SMILES string of the molecule is CC(C)Oc1ccc(-c2c(-c3ccccc3)c(-c3ccccc3)c(-c3ccccc3)c3cc4ccccc4cc23)cc1. The molecule has 0 radical (unpaired) electrons. The van der Waals surface area contributed by atoms with E-state index in [1.807, 2.05) is 0 Å². The van der Waals surface area contributed by atoms with Gasteiger partial charge < -0.3 is 4.74 Å². The van der Waals surface area contributed by atoms with E-state index >= 15 is 0 Å². The van der Waals surface area contributed by atoms with Crippen LogP contribution in [0.25, 0.3) is 66.1 Å². The molecule has 1 heteroatoms. The van der Waals surface area contributed by atoms with Crippen LogP contribution in [0.2, 0.25) is 0 Å². The average molecular weight is 541 g/mol. The van der Waals surface area contributed by atoms with E-state index in [-0.39, 0.29) is 6.10 Å². The first-order chi connectivity index (χ1) is 20.7. The Labute approximate surface area is 247 Å². The molecule has 7 rings (SSSR count). The molecule has 0 aliphatic heterocycles. The third-order valence-electron chi connectivity index (χ3n) is 7.88. The summed E-state index contributed by atoms with van der Waals surface area (Å²) in [5, 5.41) is 4.95. The normalized spacial score (nSPS) is 11.3. The zero-order valence-electron chi connectivity index (χ0n) is 23.9. The van der Waals surface area contributed by atoms with E-state index in [0.29, 0.717) is 0 Å². The average Bonchev–Trinajstić information content (AvgIpc) is 3.04. The van der Waals surface area contributed by atoms with Crippen LogP contribution in [0.5, 0.6) is 5.75 Å². The molecule has 0 aliphatic rings. The van der Waals surface area contributed by atoms with Gasteiger partial charge in [-0.1, -0.05) is 127 Å². The molecule has 7 aromatic rings. The van der Waals surface area contributed by atoms with Crippen LogP contribution in [-0.2, 0) is 0 Å². The predicted molar refractivity (Wildman–Crippen MR) is 179 cm³/mol. The van der Waals surface area contributed by atoms with Gasteiger partial charge >= 0.3 is 0 Å². The van der Waals surface area contributed by atoms with Crippen molar-refractivity contribution in [2.45, 2.75) is 20.0 Å². The van der Waals surface area contributed by atoms with Crippen molar-refractivity contribution in [3.8, 4) is 50.3 Å². The number of rotatable bonds is 6. The first kappa shape index (κ1) is 25.8. The van der Waals surface area contributed by atoms with E-state index < -0.39 is 0 Å². The van der Waals surface area contributed by atoms with Crippen molar-refractivity contribution >= 4 is 21.5 Å². The van der Waals surface area contributed by atoms with E-state index in [0.717, 1.165) is 5.75 Å². The van der Waals surface area contributed by atoms with Crippen molar-refractivity contribution in [2.24, 2.45) is 0 Å². The molecule has 0 N–H and O–H groups in total. The molecule has 0 unspecified atom stereocenters. The van der Waals surface area contributed by atoms with Crippen molar-refractivity contribution < 1.29 is 4.74 Å². The third kappa shape index (κ3) is 4.74. The number of fused-ring (bicyclic) bond motifs is 2. The highest BCUT2D eigenvalue weighted by Gasteiger charge is 2.24. The quantitative estimate of drug-likeness (QED) is 0.191. The topological polar surface area (TPSA) is 9.23 Å². The zero-order valence-corrected chi connectivity index (χ0v) is 23.9. The summed E-state index contributed by atoms with van der Waals surface area (Å²) in [5.74, 6) is 0.883. The molecule has 0 aliphatic carbocycles. The van der Waals surface area contributed by atoms with Crippen LogP contribution in [0.4, 0.5) is 0 Å². The lowest BCUT2D eigenvalue weighted by Crippen LogP contribution is -2.05. The van der Waals surface area contributed by atoms with Crippen molar-refractivity contribution in [1.82, 2.24) is 0 Å². The summed E-state index contributed by atoms with van der Waals surface area (Å²) in [4.78, 5) is 0. The second kappa shape index (κ2) is 11.0. The third-order valence-corrected chi connectivity index (χ3v) is 7.88. The fourth-order valence-corrected chi connectivity index (χ4v) is 6.14. The minimum absolute atomic E-state index is 0.123. The summed E-state index contributed by atoms with van der Waals surface area (Å²) in [6.45, 7) is 4.13. The molecular formula is C41H32O. The maximum atomic E-state index is 6.04. The lowest BCUT2D eigenvalue weighted by Gasteiger charge is -2.25. The summed E-state index contributed by atoms with van der Waals surface area (Å²) in [6, 6.07) is 54.6. The molecule has 0 saturated carbocycles. The van der Waals surface area contributed by atoms with Crippen LogP contribution in [-0.4, -0.2) is 6.10 Å². The summed E-state index contributed by atoms with van der Waals surface area (Å²) in [6.07, 6.45) is 0.123. The standard InChI is InChI=1S/C41H32O/c1-28(2)42-35-24-22-32(23-25-35)39-37-27-34-21-13-12-20-33(34)26-36(37)38(29-14-6-3-7-15-29)40(30-16-8-4-9-17-30)41(39)31-18-10-5-11-19-31/h3-28H,1-2H3. The van der Waals surface area contributed by atoms with Gasteiger partial charge in [0.05, 0.1) is 6.10 Å². The van der Waals surface area contributed by atoms with E-state index in [1.165, 1.54) is 66.1 Å². The molecule has 0 heterocycles. The highest BCUT2D eigenvalue weighted by atomic mass is 16.5. The summed E-state index contributed by atoms with van der Waals surface area (Å²) >= 11 is 0. The Morgan fingerprint density at radius 3 is 1.14 bits per heavy atom. The molecule has 202 valence electrons. The van der Waals surface area contributed by atoms with Gasteiger partial charge in [0.2, 0.25) is 0 Å². The largest absolute Gasteiger partial charge is 0.491 e. The number of hydrogen-bond acceptors (Lipinski definition) is 1. The Kier molecular flexibility index (Phi) is 6.78. The molecule has 0 fully saturated rings. The van der Waals surface area contributed by atoms with E-state index in [4.69, 9.17) is 4.74 Å². The summed E-state index contributed by atoms with van der Waals surface area (Å²) < 4.78 is 6.04. The van der Waals surface area contributed by atoms with Gasteiger partial charge in [-0.15, -0.1) is 0 Å². The van der Waals surface area contributed by atoms with Crippen LogP contribution in [0, 0.1) is 0 Å². The molecule has 0 spiro atoms. The second-order valence-corrected chi connectivity index (χ2v) is 11.0. The van der Waals surface area contributed by atoms with Crippen molar-refractivity contribution in [1.29, 1.82) is 0 Å². The minimum atomic E-state index is 0.123. The van der Waals surface area contributed by atoms with Crippen LogP contribution in [0.15, 0.2) is 152 Å². The van der Waals surface area contributed by atoms with Gasteiger partial charge in [-0.05, 0) is 104 Å². The Balaban J connectivity index is 1.71. The van der Waals surface area contributed by atoms with Gasteiger partial charge in [0, 0.05) is 0 Å². The molecule has 0 atom stereocenters. The Morgan fingerprint density at radius 1 is 0.381 bits per heavy atom. The van der Waals surface area contributed by atoms with Gasteiger partial charge in [0.1, 0.15) is 5.75 Å². The Bertz CT molecular complexity index is 1990. The highest BCUT2D eigenvalue weighted by Crippen LogP contribution is 2.51. The Hall–Kier alpha value is -5.14. The molecule has 7 aromatic carbocycles. The van der Waals surface area contributed by atoms with Crippen LogP contribution < -0.4 is 4.74 Å². The van der Waals surface area contributed by atoms with Gasteiger partial charge in [0.15, 0.2) is 0 Å². The van der Waals surface area contributed by atoms with E-state index in [2.05, 4.69) is 166 Å². The number of ether oxygens (including phenoxy) is 1. The van der Waals surface area contributed by atoms with Gasteiger partial charge in [-0.25, -0.2) is 0 Å². The maximum absolute atomic E-state index is 6.04. The van der Waals surface area contributed by atoms with Gasteiger partial charge in [-0.2, -0.15) is 0 Å². The van der Waals surface area contributed by atoms with Crippen molar-refractivity contribution in [3.05, 3.63) is 152 Å². The molecular weight excluding hydrogens is 508 g/mol. The molecule has 42 heavy (non-hydrogen) atoms. The fourth-order valence-electron chi connectivity index (χ4n) is 6.14. The molecule has 1 nitrogen and oxygen atoms in total. The van der Waals surface area contributed by atoms with Crippen LogP contribution in [0.1, 0.15) is 13.8 Å². The zero-order chi connectivity index (χ0) is 28.5. The van der Waals surface area contributed by atoms with Gasteiger partial charge in [0.25, 0.3) is 0 Å². The molecule has 0 saturated heterocycles. The summed E-state index contributed by atoms with van der Waals surface area (Å²) in [7, 11) is 0. The monoisotopic (exact) mass is 540 g/mol. The van der Waals surface area contributed by atoms with E-state index in [9.17, 15) is 0 Å². The number of benzene rings is 7. The summed E-state index contributed by atoms with van der Waals surface area (Å²) in [5.41, 5.74) is 9.74. The fraction of sp³-hybridized carbons (Fsp3) is 0.0732. The van der Waals surface area contributed by atoms with Crippen molar-refractivity contribution in [3.63, 3.8) is 0 Å². The highest BCUT2D eigenvalue weighted by molar-refractivity contribution is 6.20. The van der Waals surface area contributed by atoms with Gasteiger partial charge in [-0.3, -0.25) is 0 Å². The second-order valence-electron chi connectivity index (χ2n) is 11.0. The molecule has 0 aromatic heterocycles. The minimum Gasteiger partial charge on any atom is -0.491 e. The predicted octanol–water partition coefficient (Wildman–Crippen LogP) is 11.4. The molecule has 0 amide bonds. The van der Waals surface area contributed by atoms with Crippen LogP contribution in [0.3, 0.4) is 0 Å². The number of hydrogen-bond donors (Lipinski definition) is 0. The maximum Gasteiger partial charge on any atom is 0.119 e. The lowest BCUT2D eigenvalue weighted by atomic mass is 9.78. The Morgan fingerprint density at radius 2 is 0.738 bits per heavy atom. The van der Waals surface area contributed by atoms with E-state index in [1.54, 1.807) is 0 Å². The molecule has 0 bridgehead atoms.